The van der Waals surface area contributed by atoms with Gasteiger partial charge < -0.3 is 18.9 Å². The fourth-order valence-electron chi connectivity index (χ4n) is 3.92. The van der Waals surface area contributed by atoms with Crippen LogP contribution in [-0.4, -0.2) is 60.5 Å². The molecule has 0 spiro atoms. The topological polar surface area (TPSA) is 83.6 Å². The van der Waals surface area contributed by atoms with Crippen molar-refractivity contribution in [3.63, 3.8) is 0 Å². The maximum atomic E-state index is 13.0. The third kappa shape index (κ3) is 5.72. The van der Waals surface area contributed by atoms with E-state index in [1.165, 1.54) is 4.57 Å². The Morgan fingerprint density at radius 3 is 2.35 bits per heavy atom. The molecule has 186 valence electrons. The van der Waals surface area contributed by atoms with Gasteiger partial charge in [0.1, 0.15) is 23.4 Å². The molecule has 2 atom stereocenters. The number of methoxy groups -OCH3 is 1. The Labute approximate surface area is 202 Å². The molecular weight excluding hydrogens is 434 g/mol. The number of hydrogen-bond donors (Lipinski definition) is 0. The summed E-state index contributed by atoms with van der Waals surface area (Å²) in [6.07, 6.45) is 1.86. The smallest absolute Gasteiger partial charge is 0.419 e. The maximum Gasteiger partial charge on any atom is 0.419 e. The fraction of sp³-hybridized carbons (Fsp3) is 0.577. The van der Waals surface area contributed by atoms with Gasteiger partial charge in [-0.1, -0.05) is 13.8 Å². The molecule has 0 N–H and O–H groups in total. The third-order valence-corrected chi connectivity index (χ3v) is 5.40. The highest BCUT2D eigenvalue weighted by Gasteiger charge is 2.32. The Morgan fingerprint density at radius 2 is 1.76 bits per heavy atom. The minimum absolute atomic E-state index is 0.176. The van der Waals surface area contributed by atoms with Crippen molar-refractivity contribution < 1.29 is 23.7 Å². The molecule has 2 aromatic rings. The highest BCUT2D eigenvalue weighted by molar-refractivity contribution is 5.96. The van der Waals surface area contributed by atoms with E-state index in [9.17, 15) is 4.79 Å². The molecule has 8 nitrogen and oxygen atoms in total. The quantitative estimate of drug-likeness (QED) is 0.574. The predicted octanol–water partition coefficient (Wildman–Crippen LogP) is 5.25. The number of carbonyl (C=O) groups excluding carboxylic acids is 1. The van der Waals surface area contributed by atoms with Crippen molar-refractivity contribution in [3.8, 4) is 5.75 Å². The first-order valence-corrected chi connectivity index (χ1v) is 11.9. The molecule has 0 unspecified atom stereocenters. The summed E-state index contributed by atoms with van der Waals surface area (Å²) in [5.41, 5.74) is 1.03. The van der Waals surface area contributed by atoms with E-state index < -0.39 is 11.7 Å². The predicted molar refractivity (Wildman–Crippen MR) is 134 cm³/mol. The Balaban J connectivity index is 2.05. The molecule has 0 amide bonds. The first-order valence-electron chi connectivity index (χ1n) is 11.9. The van der Waals surface area contributed by atoms with Gasteiger partial charge in [0, 0.05) is 24.1 Å². The summed E-state index contributed by atoms with van der Waals surface area (Å²) in [5, 5.41) is 0.918. The summed E-state index contributed by atoms with van der Waals surface area (Å²) in [7, 11) is 1.60. The monoisotopic (exact) mass is 471 g/mol. The maximum absolute atomic E-state index is 13.0. The largest absolute Gasteiger partial charge is 0.497 e. The van der Waals surface area contributed by atoms with E-state index in [2.05, 4.69) is 13.8 Å². The number of carbonyl (C=O) groups is 1. The van der Waals surface area contributed by atoms with Gasteiger partial charge in [-0.25, -0.2) is 14.8 Å². The number of fused-ring (bicyclic) bond motifs is 1. The van der Waals surface area contributed by atoms with E-state index in [0.29, 0.717) is 42.7 Å². The van der Waals surface area contributed by atoms with Crippen LogP contribution < -0.4 is 4.74 Å². The van der Waals surface area contributed by atoms with E-state index in [1.54, 1.807) is 7.11 Å². The first kappa shape index (κ1) is 25.6. The normalized spacial score (nSPS) is 18.5. The number of aliphatic imine (C=N–C) groups is 2. The number of hydrogen-bond acceptors (Lipinski definition) is 7. The highest BCUT2D eigenvalue weighted by Crippen LogP contribution is 2.29. The molecule has 1 aliphatic rings. The zero-order valence-corrected chi connectivity index (χ0v) is 21.5. The number of nitrogens with zero attached hydrogens (tertiary/aromatic N) is 3. The van der Waals surface area contributed by atoms with Crippen LogP contribution >= 0.6 is 0 Å². The summed E-state index contributed by atoms with van der Waals surface area (Å²) < 4.78 is 24.3. The van der Waals surface area contributed by atoms with Crippen molar-refractivity contribution in [2.75, 3.05) is 20.3 Å². The van der Waals surface area contributed by atoms with Crippen LogP contribution in [0.2, 0.25) is 0 Å². The van der Waals surface area contributed by atoms with Crippen molar-refractivity contribution in [1.29, 1.82) is 0 Å². The third-order valence-electron chi connectivity index (χ3n) is 5.40. The molecule has 1 aromatic carbocycles. The molecular formula is C26H37N3O5. The minimum atomic E-state index is -0.618. The first-order chi connectivity index (χ1) is 16.1. The second-order valence-corrected chi connectivity index (χ2v) is 9.60. The molecule has 8 heteroatoms. The van der Waals surface area contributed by atoms with Crippen molar-refractivity contribution >= 4 is 28.8 Å². The van der Waals surface area contributed by atoms with Crippen LogP contribution in [-0.2, 0) is 20.6 Å². The Bertz CT molecular complexity index is 1080. The van der Waals surface area contributed by atoms with Crippen molar-refractivity contribution in [3.05, 3.63) is 30.0 Å². The van der Waals surface area contributed by atoms with Gasteiger partial charge in [-0.2, -0.15) is 0 Å². The number of aromatic nitrogens is 1. The average Bonchev–Trinajstić information content (AvgIpc) is 3.12. The van der Waals surface area contributed by atoms with Crippen LogP contribution in [0.4, 0.5) is 4.79 Å². The van der Waals surface area contributed by atoms with Gasteiger partial charge >= 0.3 is 6.09 Å². The summed E-state index contributed by atoms with van der Waals surface area (Å²) in [6.45, 7) is 14.6. The lowest BCUT2D eigenvalue weighted by atomic mass is 10.00. The molecule has 0 saturated carbocycles. The van der Waals surface area contributed by atoms with Gasteiger partial charge in [0.2, 0.25) is 11.8 Å². The molecule has 1 aliphatic heterocycles. The molecule has 0 aliphatic carbocycles. The Kier molecular flexibility index (Phi) is 7.89. The number of rotatable bonds is 6. The summed E-state index contributed by atoms with van der Waals surface area (Å²) >= 11 is 0. The minimum Gasteiger partial charge on any atom is -0.497 e. The zero-order valence-electron chi connectivity index (χ0n) is 21.5. The van der Waals surface area contributed by atoms with Crippen molar-refractivity contribution in [2.45, 2.75) is 72.6 Å². The van der Waals surface area contributed by atoms with Crippen LogP contribution in [0.15, 0.2) is 34.4 Å². The second kappa shape index (κ2) is 10.5. The molecule has 0 radical (unpaired) electrons. The lowest BCUT2D eigenvalue weighted by Gasteiger charge is -2.28. The molecule has 3 rings (SSSR count). The van der Waals surface area contributed by atoms with Gasteiger partial charge in [0.25, 0.3) is 0 Å². The molecule has 1 aromatic heterocycles. The van der Waals surface area contributed by atoms with Crippen LogP contribution in [0.1, 0.15) is 54.0 Å². The summed E-state index contributed by atoms with van der Waals surface area (Å²) in [4.78, 5) is 22.8. The van der Waals surface area contributed by atoms with E-state index in [1.807, 2.05) is 59.0 Å². The van der Waals surface area contributed by atoms with E-state index in [-0.39, 0.29) is 18.0 Å². The van der Waals surface area contributed by atoms with Crippen molar-refractivity contribution in [2.24, 2.45) is 15.9 Å². The van der Waals surface area contributed by atoms with Crippen LogP contribution in [0, 0.1) is 5.92 Å². The SMILES string of the molecule is CCOC1=N[C@H](Cc2cn(C(=O)OC(C)(C)C)c3cc(OC)ccc23)C(OCC)=N[C@H]1C(C)C. The standard InChI is InChI=1S/C26H37N3O5/c1-9-32-23-20(27-24(33-10-2)22(28-23)16(3)4)13-17-15-29(25(30)34-26(5,6)7)21-14-18(31-8)11-12-19(17)21/h11-12,14-16,20,22H,9-10,13H2,1-8H3/t20-,22+/m1/s1. The molecule has 0 saturated heterocycles. The average molecular weight is 472 g/mol. The lowest BCUT2D eigenvalue weighted by molar-refractivity contribution is 0.0544. The van der Waals surface area contributed by atoms with Gasteiger partial charge in [0.05, 0.1) is 25.8 Å². The molecule has 34 heavy (non-hydrogen) atoms. The van der Waals surface area contributed by atoms with Crippen LogP contribution in [0.25, 0.3) is 10.9 Å². The Morgan fingerprint density at radius 1 is 1.09 bits per heavy atom. The Hall–Kier alpha value is -3.03. The zero-order chi connectivity index (χ0) is 25.0. The van der Waals surface area contributed by atoms with Gasteiger partial charge in [-0.15, -0.1) is 0 Å². The fourth-order valence-corrected chi connectivity index (χ4v) is 3.92. The summed E-state index contributed by atoms with van der Waals surface area (Å²) in [5.74, 6) is 2.11. The number of benzene rings is 1. The van der Waals surface area contributed by atoms with Gasteiger partial charge in [-0.05, 0) is 58.2 Å². The molecule has 2 heterocycles. The van der Waals surface area contributed by atoms with E-state index >= 15 is 0 Å². The summed E-state index contributed by atoms with van der Waals surface area (Å²) in [6, 6.07) is 5.15. The molecule has 0 fully saturated rings. The second-order valence-electron chi connectivity index (χ2n) is 9.60. The van der Waals surface area contributed by atoms with Crippen LogP contribution in [0.5, 0.6) is 5.75 Å². The lowest BCUT2D eigenvalue weighted by Crippen LogP contribution is -2.39. The highest BCUT2D eigenvalue weighted by atomic mass is 16.6. The van der Waals surface area contributed by atoms with Crippen molar-refractivity contribution in [1.82, 2.24) is 4.57 Å². The van der Waals surface area contributed by atoms with Gasteiger partial charge in [-0.3, -0.25) is 4.57 Å². The van der Waals surface area contributed by atoms with Gasteiger partial charge in [0.15, 0.2) is 0 Å². The molecule has 0 bridgehead atoms. The van der Waals surface area contributed by atoms with E-state index in [4.69, 9.17) is 28.9 Å². The van der Waals surface area contributed by atoms with Crippen LogP contribution in [0.3, 0.4) is 0 Å². The van der Waals surface area contributed by atoms with E-state index in [0.717, 1.165) is 10.9 Å². The number of ether oxygens (including phenoxy) is 4.